The number of halogens is 2. The smallest absolute Gasteiger partial charge is 0.147 e. The van der Waals surface area contributed by atoms with Crippen LogP contribution in [0.4, 0.5) is 5.82 Å². The topological polar surface area (TPSA) is 42.1 Å². The Kier molecular flexibility index (Phi) is 4.13. The third kappa shape index (κ3) is 2.84. The summed E-state index contributed by atoms with van der Waals surface area (Å²) in [5.74, 6) is 1.35. The molecule has 0 radical (unpaired) electrons. The first-order chi connectivity index (χ1) is 8.11. The van der Waals surface area contributed by atoms with Crippen molar-refractivity contribution in [3.63, 3.8) is 0 Å². The molecule has 1 aromatic heterocycles. The van der Waals surface area contributed by atoms with Crippen molar-refractivity contribution in [2.24, 2.45) is 11.7 Å². The van der Waals surface area contributed by atoms with Crippen LogP contribution in [0.5, 0.6) is 0 Å². The molecule has 0 spiro atoms. The number of nitrogens with two attached hydrogens (primary N) is 1. The number of hydrogen-bond acceptors (Lipinski definition) is 3. The summed E-state index contributed by atoms with van der Waals surface area (Å²) in [6, 6.07) is 2.19. The molecule has 5 heteroatoms. The summed E-state index contributed by atoms with van der Waals surface area (Å²) in [5, 5.41) is 1.18. The first kappa shape index (κ1) is 12.9. The Bertz CT molecular complexity index is 397. The van der Waals surface area contributed by atoms with Crippen LogP contribution < -0.4 is 10.6 Å². The minimum absolute atomic E-state index is 0.448. The maximum absolute atomic E-state index is 6.20. The highest BCUT2D eigenvalue weighted by Crippen LogP contribution is 2.32. The van der Waals surface area contributed by atoms with Crippen LogP contribution in [0.2, 0.25) is 10.0 Å². The van der Waals surface area contributed by atoms with E-state index in [1.807, 2.05) is 0 Å². The van der Waals surface area contributed by atoms with Gasteiger partial charge in [0.15, 0.2) is 0 Å². The van der Waals surface area contributed by atoms with Gasteiger partial charge in [0.05, 0.1) is 10.0 Å². The van der Waals surface area contributed by atoms with Gasteiger partial charge in [-0.2, -0.15) is 0 Å². The number of aromatic nitrogens is 1. The summed E-state index contributed by atoms with van der Waals surface area (Å²) in [6.45, 7) is 3.83. The van der Waals surface area contributed by atoms with Gasteiger partial charge < -0.3 is 10.6 Å². The van der Waals surface area contributed by atoms with Crippen LogP contribution in [0.15, 0.2) is 12.3 Å². The molecular weight excluding hydrogens is 257 g/mol. The molecule has 1 saturated heterocycles. The lowest BCUT2D eigenvalue weighted by Gasteiger charge is -2.38. The number of anilines is 1. The predicted octanol–water partition coefficient (Wildman–Crippen LogP) is 2.95. The lowest BCUT2D eigenvalue weighted by molar-refractivity contribution is 0.372. The zero-order valence-electron chi connectivity index (χ0n) is 9.87. The molecule has 0 amide bonds. The standard InChI is InChI=1S/C12H17Cl2N3/c1-8-2-3-9(5-15)7-17(8)12-11(14)4-10(13)6-16-12/h4,6,8-9H,2-3,5,7,15H2,1H3. The lowest BCUT2D eigenvalue weighted by atomic mass is 9.93. The van der Waals surface area contributed by atoms with E-state index in [-0.39, 0.29) is 0 Å². The van der Waals surface area contributed by atoms with E-state index in [4.69, 9.17) is 28.9 Å². The Balaban J connectivity index is 2.24. The number of hydrogen-bond donors (Lipinski definition) is 1. The Morgan fingerprint density at radius 3 is 2.88 bits per heavy atom. The van der Waals surface area contributed by atoms with Gasteiger partial charge in [-0.1, -0.05) is 23.2 Å². The van der Waals surface area contributed by atoms with Crippen molar-refractivity contribution >= 4 is 29.0 Å². The van der Waals surface area contributed by atoms with E-state index in [2.05, 4.69) is 16.8 Å². The zero-order chi connectivity index (χ0) is 12.4. The highest BCUT2D eigenvalue weighted by atomic mass is 35.5. The second-order valence-electron chi connectivity index (χ2n) is 4.64. The van der Waals surface area contributed by atoms with Gasteiger partial charge in [-0.05, 0) is 38.3 Å². The molecule has 1 aromatic rings. The molecule has 0 aliphatic carbocycles. The van der Waals surface area contributed by atoms with Crippen LogP contribution in [-0.2, 0) is 0 Å². The molecule has 17 heavy (non-hydrogen) atoms. The Hall–Kier alpha value is -0.510. The van der Waals surface area contributed by atoms with Gasteiger partial charge in [-0.25, -0.2) is 4.98 Å². The van der Waals surface area contributed by atoms with Crippen LogP contribution in [0, 0.1) is 5.92 Å². The average molecular weight is 274 g/mol. The summed E-state index contributed by atoms with van der Waals surface area (Å²) in [6.07, 6.45) is 3.95. The van der Waals surface area contributed by atoms with Gasteiger partial charge in [-0.3, -0.25) is 0 Å². The Labute approximate surface area is 112 Å². The van der Waals surface area contributed by atoms with Crippen molar-refractivity contribution in [1.29, 1.82) is 0 Å². The maximum atomic E-state index is 6.20. The van der Waals surface area contributed by atoms with Crippen molar-refractivity contribution in [1.82, 2.24) is 4.98 Å². The summed E-state index contributed by atoms with van der Waals surface area (Å²) >= 11 is 12.1. The normalized spacial score (nSPS) is 25.1. The fourth-order valence-electron chi connectivity index (χ4n) is 2.29. The molecule has 94 valence electrons. The fraction of sp³-hybridized carbons (Fsp3) is 0.583. The molecule has 0 bridgehead atoms. The summed E-state index contributed by atoms with van der Waals surface area (Å²) in [4.78, 5) is 6.58. The lowest BCUT2D eigenvalue weighted by Crippen LogP contribution is -2.44. The van der Waals surface area contributed by atoms with Gasteiger partial charge in [0.2, 0.25) is 0 Å². The van der Waals surface area contributed by atoms with Crippen LogP contribution in [-0.4, -0.2) is 24.1 Å². The zero-order valence-corrected chi connectivity index (χ0v) is 11.4. The van der Waals surface area contributed by atoms with Crippen LogP contribution in [0.3, 0.4) is 0 Å². The SMILES string of the molecule is CC1CCC(CN)CN1c1ncc(Cl)cc1Cl. The van der Waals surface area contributed by atoms with Gasteiger partial charge in [0.1, 0.15) is 5.82 Å². The minimum atomic E-state index is 0.448. The van der Waals surface area contributed by atoms with Crippen molar-refractivity contribution in [2.45, 2.75) is 25.8 Å². The van der Waals surface area contributed by atoms with Gasteiger partial charge >= 0.3 is 0 Å². The van der Waals surface area contributed by atoms with E-state index < -0.39 is 0 Å². The summed E-state index contributed by atoms with van der Waals surface area (Å²) in [7, 11) is 0. The summed E-state index contributed by atoms with van der Waals surface area (Å²) in [5.41, 5.74) is 5.75. The van der Waals surface area contributed by atoms with E-state index >= 15 is 0 Å². The molecule has 2 atom stereocenters. The molecule has 0 saturated carbocycles. The maximum Gasteiger partial charge on any atom is 0.147 e. The third-order valence-electron chi connectivity index (χ3n) is 3.37. The highest BCUT2D eigenvalue weighted by molar-refractivity contribution is 6.36. The monoisotopic (exact) mass is 273 g/mol. The largest absolute Gasteiger partial charge is 0.352 e. The van der Waals surface area contributed by atoms with Crippen molar-refractivity contribution < 1.29 is 0 Å². The molecule has 2 heterocycles. The second kappa shape index (κ2) is 5.42. The van der Waals surface area contributed by atoms with Crippen molar-refractivity contribution in [3.8, 4) is 0 Å². The predicted molar refractivity (Wildman–Crippen MR) is 72.8 cm³/mol. The van der Waals surface area contributed by atoms with Crippen LogP contribution in [0.25, 0.3) is 0 Å². The number of rotatable bonds is 2. The molecule has 2 rings (SSSR count). The van der Waals surface area contributed by atoms with Gasteiger partial charge in [-0.15, -0.1) is 0 Å². The molecular formula is C12H17Cl2N3. The molecule has 2 unspecified atom stereocenters. The van der Waals surface area contributed by atoms with E-state index in [0.717, 1.165) is 18.8 Å². The number of pyridine rings is 1. The van der Waals surface area contributed by atoms with E-state index in [1.165, 1.54) is 6.42 Å². The van der Waals surface area contributed by atoms with Crippen molar-refractivity contribution in [3.05, 3.63) is 22.3 Å². The molecule has 2 N–H and O–H groups in total. The summed E-state index contributed by atoms with van der Waals surface area (Å²) < 4.78 is 0. The van der Waals surface area contributed by atoms with Crippen LogP contribution >= 0.6 is 23.2 Å². The average Bonchev–Trinajstić information content (AvgIpc) is 2.30. The van der Waals surface area contributed by atoms with Crippen LogP contribution in [0.1, 0.15) is 19.8 Å². The number of piperidine rings is 1. The second-order valence-corrected chi connectivity index (χ2v) is 5.48. The molecule has 1 fully saturated rings. The molecule has 1 aliphatic rings. The Morgan fingerprint density at radius 1 is 1.47 bits per heavy atom. The van der Waals surface area contributed by atoms with E-state index in [9.17, 15) is 0 Å². The highest BCUT2D eigenvalue weighted by Gasteiger charge is 2.26. The van der Waals surface area contributed by atoms with Crippen molar-refractivity contribution in [2.75, 3.05) is 18.0 Å². The Morgan fingerprint density at radius 2 is 2.24 bits per heavy atom. The molecule has 0 aromatic carbocycles. The molecule has 3 nitrogen and oxygen atoms in total. The minimum Gasteiger partial charge on any atom is -0.352 e. The number of nitrogens with zero attached hydrogens (tertiary/aromatic N) is 2. The van der Waals surface area contributed by atoms with Gasteiger partial charge in [0, 0.05) is 18.8 Å². The molecule has 1 aliphatic heterocycles. The first-order valence-corrected chi connectivity index (χ1v) is 6.65. The fourth-order valence-corrected chi connectivity index (χ4v) is 2.78. The third-order valence-corrected chi connectivity index (χ3v) is 3.86. The quantitative estimate of drug-likeness (QED) is 0.901. The first-order valence-electron chi connectivity index (χ1n) is 5.89. The van der Waals surface area contributed by atoms with E-state index in [1.54, 1.807) is 12.3 Å². The van der Waals surface area contributed by atoms with E-state index in [0.29, 0.717) is 28.5 Å². The van der Waals surface area contributed by atoms with Gasteiger partial charge in [0.25, 0.3) is 0 Å².